The van der Waals surface area contributed by atoms with Gasteiger partial charge in [-0.25, -0.2) is 4.39 Å². The summed E-state index contributed by atoms with van der Waals surface area (Å²) in [5, 5.41) is 10.7. The van der Waals surface area contributed by atoms with Crippen LogP contribution in [0.15, 0.2) is 30.3 Å². The zero-order valence-electron chi connectivity index (χ0n) is 28.0. The topological polar surface area (TPSA) is 109 Å². The molecule has 3 heterocycles. The molecule has 2 fully saturated rings. The Hall–Kier alpha value is -3.86. The van der Waals surface area contributed by atoms with Crippen LogP contribution in [-0.4, -0.2) is 84.9 Å². The van der Waals surface area contributed by atoms with Crippen LogP contribution in [0.2, 0.25) is 0 Å². The summed E-state index contributed by atoms with van der Waals surface area (Å²) in [7, 11) is 1.53. The number of likely N-dealkylation sites (tertiary alicyclic amines) is 2. The third-order valence-electron chi connectivity index (χ3n) is 9.89. The molecule has 3 aliphatic heterocycles. The van der Waals surface area contributed by atoms with E-state index in [9.17, 15) is 23.9 Å². The van der Waals surface area contributed by atoms with Crippen molar-refractivity contribution >= 4 is 23.5 Å². The molecular weight excluding hydrogens is 605 g/mol. The van der Waals surface area contributed by atoms with Crippen LogP contribution in [-0.2, 0) is 14.4 Å². The smallest absolute Gasteiger partial charge is 0.308 e. The molecule has 0 radical (unpaired) electrons. The van der Waals surface area contributed by atoms with E-state index in [4.69, 9.17) is 14.2 Å². The number of aliphatic carboxylic acids is 1. The third-order valence-corrected chi connectivity index (χ3v) is 9.89. The first-order valence-corrected chi connectivity index (χ1v) is 17.0. The monoisotopic (exact) mass is 653 g/mol. The van der Waals surface area contributed by atoms with Gasteiger partial charge in [-0.3, -0.25) is 19.3 Å². The summed E-state index contributed by atoms with van der Waals surface area (Å²) in [5.41, 5.74) is 1.83. The minimum absolute atomic E-state index is 0.0130. The Balaban J connectivity index is 1.50. The van der Waals surface area contributed by atoms with Gasteiger partial charge in [-0.05, 0) is 80.5 Å². The Morgan fingerprint density at radius 2 is 1.89 bits per heavy atom. The average Bonchev–Trinajstić information content (AvgIpc) is 3.67. The van der Waals surface area contributed by atoms with E-state index < -0.39 is 23.8 Å². The maximum atomic E-state index is 14.5. The predicted octanol–water partition coefficient (Wildman–Crippen LogP) is 5.74. The predicted molar refractivity (Wildman–Crippen MR) is 176 cm³/mol. The molecule has 3 aliphatic rings. The van der Waals surface area contributed by atoms with Crippen molar-refractivity contribution in [3.8, 4) is 17.2 Å². The van der Waals surface area contributed by atoms with Gasteiger partial charge in [0.1, 0.15) is 5.82 Å². The molecule has 11 heteroatoms. The number of hydrogen-bond donors (Lipinski definition) is 1. The fourth-order valence-electron chi connectivity index (χ4n) is 7.60. The number of carbonyl (C=O) groups excluding carboxylic acids is 2. The Morgan fingerprint density at radius 1 is 1.13 bits per heavy atom. The Labute approximate surface area is 276 Å². The first kappa shape index (κ1) is 34.5. The molecule has 47 heavy (non-hydrogen) atoms. The van der Waals surface area contributed by atoms with Gasteiger partial charge >= 0.3 is 5.97 Å². The van der Waals surface area contributed by atoms with E-state index in [1.165, 1.54) is 13.2 Å². The van der Waals surface area contributed by atoms with Crippen molar-refractivity contribution < 1.29 is 38.1 Å². The Morgan fingerprint density at radius 3 is 2.55 bits per heavy atom. The van der Waals surface area contributed by atoms with Crippen LogP contribution >= 0.6 is 0 Å². The number of ether oxygens (including phenoxy) is 3. The molecular formula is C36H48FN3O7. The highest BCUT2D eigenvalue weighted by molar-refractivity contribution is 5.95. The van der Waals surface area contributed by atoms with Gasteiger partial charge in [0.25, 0.3) is 0 Å². The van der Waals surface area contributed by atoms with Gasteiger partial charge in [-0.2, -0.15) is 0 Å². The molecule has 2 aromatic carbocycles. The number of methoxy groups -OCH3 is 1. The molecule has 2 aromatic rings. The fourth-order valence-corrected chi connectivity index (χ4v) is 7.60. The van der Waals surface area contributed by atoms with E-state index >= 15 is 0 Å². The lowest BCUT2D eigenvalue weighted by Crippen LogP contribution is -2.49. The van der Waals surface area contributed by atoms with Crippen LogP contribution in [0.5, 0.6) is 17.2 Å². The van der Waals surface area contributed by atoms with Gasteiger partial charge in [0.2, 0.25) is 24.4 Å². The van der Waals surface area contributed by atoms with Crippen molar-refractivity contribution in [3.63, 3.8) is 0 Å². The van der Waals surface area contributed by atoms with E-state index in [2.05, 4.69) is 13.8 Å². The lowest BCUT2D eigenvalue weighted by atomic mass is 9.84. The second-order valence-corrected chi connectivity index (χ2v) is 13.0. The highest BCUT2D eigenvalue weighted by Gasteiger charge is 2.48. The first-order valence-electron chi connectivity index (χ1n) is 17.0. The number of rotatable bonds is 14. The summed E-state index contributed by atoms with van der Waals surface area (Å²) in [4.78, 5) is 45.9. The van der Waals surface area contributed by atoms with Gasteiger partial charge in [-0.15, -0.1) is 0 Å². The van der Waals surface area contributed by atoms with E-state index in [1.807, 2.05) is 15.9 Å². The van der Waals surface area contributed by atoms with Crippen LogP contribution < -0.4 is 19.1 Å². The molecule has 0 bridgehead atoms. The van der Waals surface area contributed by atoms with Gasteiger partial charge in [0.15, 0.2) is 11.5 Å². The maximum Gasteiger partial charge on any atom is 0.308 e. The number of nitrogens with zero attached hydrogens (tertiary/aromatic N) is 3. The van der Waals surface area contributed by atoms with Crippen LogP contribution in [0.1, 0.15) is 82.3 Å². The zero-order chi connectivity index (χ0) is 33.7. The molecule has 0 aromatic heterocycles. The molecule has 10 nitrogen and oxygen atoms in total. The minimum Gasteiger partial charge on any atom is -0.493 e. The van der Waals surface area contributed by atoms with Gasteiger partial charge in [0.05, 0.1) is 19.6 Å². The number of benzene rings is 2. The molecule has 2 amide bonds. The van der Waals surface area contributed by atoms with Gasteiger partial charge < -0.3 is 29.1 Å². The van der Waals surface area contributed by atoms with E-state index in [1.54, 1.807) is 30.0 Å². The molecule has 0 aliphatic carbocycles. The summed E-state index contributed by atoms with van der Waals surface area (Å²) in [6, 6.07) is 7.79. The molecule has 2 saturated heterocycles. The van der Waals surface area contributed by atoms with Crippen molar-refractivity contribution in [2.24, 2.45) is 5.92 Å². The number of halogens is 1. The number of carboxylic acids is 1. The summed E-state index contributed by atoms with van der Waals surface area (Å²) < 4.78 is 31.2. The quantitative estimate of drug-likeness (QED) is 0.275. The Kier molecular flexibility index (Phi) is 11.3. The first-order chi connectivity index (χ1) is 22.7. The van der Waals surface area contributed by atoms with Gasteiger partial charge in [0, 0.05) is 49.7 Å². The number of carboxylic acid groups (broad SMARTS) is 1. The number of anilines is 1. The summed E-state index contributed by atoms with van der Waals surface area (Å²) >= 11 is 0. The normalized spacial score (nSPS) is 21.0. The van der Waals surface area contributed by atoms with Crippen molar-refractivity contribution in [1.82, 2.24) is 9.80 Å². The highest BCUT2D eigenvalue weighted by atomic mass is 19.1. The number of amides is 2. The lowest BCUT2D eigenvalue weighted by molar-refractivity contribution is -0.143. The van der Waals surface area contributed by atoms with Crippen LogP contribution in [0.25, 0.3) is 0 Å². The van der Waals surface area contributed by atoms with E-state index in [0.29, 0.717) is 61.0 Å². The van der Waals surface area contributed by atoms with Crippen molar-refractivity contribution in [2.45, 2.75) is 90.1 Å². The number of piperidine rings is 1. The third kappa shape index (κ3) is 7.50. The number of carbonyl (C=O) groups is 3. The second-order valence-electron chi connectivity index (χ2n) is 13.0. The molecule has 256 valence electrons. The summed E-state index contributed by atoms with van der Waals surface area (Å²) in [5.74, 6) is -1.26. The fraction of sp³-hybridized carbons (Fsp3) is 0.583. The molecule has 1 N–H and O–H groups in total. The molecule has 3 atom stereocenters. The second kappa shape index (κ2) is 15.4. The summed E-state index contributed by atoms with van der Waals surface area (Å²) in [6.07, 6.45) is 6.01. The van der Waals surface area contributed by atoms with Crippen LogP contribution in [0, 0.1) is 18.7 Å². The van der Waals surface area contributed by atoms with Crippen LogP contribution in [0.4, 0.5) is 10.1 Å². The number of hydrogen-bond acceptors (Lipinski definition) is 7. The highest BCUT2D eigenvalue weighted by Crippen LogP contribution is 2.47. The standard InChI is InChI=1S/C36H48FN3O7/c1-5-9-25(10-6-2)40(26-12-13-28(37)23(3)17-26)33(42)21-39-20-27(24-18-30(45-4)35-31(19-24)46-22-47-35)34(36(43)44)29(39)14-16-38-15-8-7-11-32(38)41/h12-13,17-19,25,27,29,34H,5-11,14-16,20-22H2,1-4H3,(H,43,44)/t27-,29-,34+/m1/s1. The van der Waals surface area contributed by atoms with Crippen molar-refractivity contribution in [2.75, 3.05) is 45.0 Å². The molecule has 0 saturated carbocycles. The van der Waals surface area contributed by atoms with Crippen molar-refractivity contribution in [3.05, 3.63) is 47.3 Å². The zero-order valence-corrected chi connectivity index (χ0v) is 28.0. The van der Waals surface area contributed by atoms with Gasteiger partial charge in [-0.1, -0.05) is 26.7 Å². The molecule has 0 spiro atoms. The van der Waals surface area contributed by atoms with Crippen molar-refractivity contribution in [1.29, 1.82) is 0 Å². The molecule has 5 rings (SSSR count). The lowest BCUT2D eigenvalue weighted by Gasteiger charge is -2.35. The SMILES string of the molecule is CCCC(CCC)N(C(=O)CN1C[C@H](c2cc(OC)c3c(c2)OCO3)[C@H](C(=O)O)[C@H]1CCN1CCCCC1=O)c1ccc(F)c(C)c1. The van der Waals surface area contributed by atoms with Crippen LogP contribution in [0.3, 0.4) is 0 Å². The largest absolute Gasteiger partial charge is 0.493 e. The van der Waals surface area contributed by atoms with E-state index in [-0.39, 0.29) is 37.0 Å². The maximum absolute atomic E-state index is 14.5. The molecule has 0 unspecified atom stereocenters. The number of fused-ring (bicyclic) bond motifs is 1. The summed E-state index contributed by atoms with van der Waals surface area (Å²) in [6.45, 7) is 7.28. The minimum atomic E-state index is -0.961. The number of aryl methyl sites for hydroxylation is 1. The average molecular weight is 654 g/mol. The van der Waals surface area contributed by atoms with E-state index in [0.717, 1.165) is 44.1 Å². The Bertz CT molecular complexity index is 1450.